The lowest BCUT2D eigenvalue weighted by Crippen LogP contribution is -2.51. The molecule has 4 nitrogen and oxygen atoms in total. The quantitative estimate of drug-likeness (QED) is 0.944. The molecule has 118 valence electrons. The molecule has 0 spiro atoms. The highest BCUT2D eigenvalue weighted by molar-refractivity contribution is 5.84. The maximum Gasteiger partial charge on any atom is 0.129 e. The molecule has 3 rings (SSSR count). The van der Waals surface area contributed by atoms with Gasteiger partial charge in [-0.2, -0.15) is 0 Å². The van der Waals surface area contributed by atoms with Crippen LogP contribution in [-0.4, -0.2) is 48.6 Å². The Morgan fingerprint density at radius 2 is 1.77 bits per heavy atom. The van der Waals surface area contributed by atoms with Crippen LogP contribution in [0.15, 0.2) is 24.3 Å². The summed E-state index contributed by atoms with van der Waals surface area (Å²) in [5, 5.41) is 1.22. The van der Waals surface area contributed by atoms with Gasteiger partial charge in [0.2, 0.25) is 0 Å². The van der Waals surface area contributed by atoms with Crippen molar-refractivity contribution in [3.8, 4) is 0 Å². The molecule has 0 radical (unpaired) electrons. The number of nitrogens with zero attached hydrogens (tertiary/aromatic N) is 3. The molecular weight excluding hydrogens is 272 g/mol. The minimum Gasteiger partial charge on any atom is -0.354 e. The van der Waals surface area contributed by atoms with Gasteiger partial charge >= 0.3 is 0 Å². The lowest BCUT2D eigenvalue weighted by molar-refractivity contribution is 0.201. The predicted octanol–water partition coefficient (Wildman–Crippen LogP) is 2.32. The highest BCUT2D eigenvalue weighted by Gasteiger charge is 2.21. The summed E-state index contributed by atoms with van der Waals surface area (Å²) in [4.78, 5) is 9.79. The second-order valence-electron chi connectivity index (χ2n) is 6.36. The van der Waals surface area contributed by atoms with Crippen molar-refractivity contribution in [1.29, 1.82) is 0 Å². The fraction of sp³-hybridized carbons (Fsp3) is 0.500. The summed E-state index contributed by atoms with van der Waals surface area (Å²) in [7, 11) is 0. The average molecular weight is 298 g/mol. The van der Waals surface area contributed by atoms with Crippen molar-refractivity contribution < 1.29 is 0 Å². The van der Waals surface area contributed by atoms with Gasteiger partial charge < -0.3 is 10.6 Å². The number of pyridine rings is 1. The van der Waals surface area contributed by atoms with Crippen molar-refractivity contribution >= 4 is 16.7 Å². The Bertz CT molecular complexity index is 659. The molecule has 1 atom stereocenters. The maximum absolute atomic E-state index is 5.77. The van der Waals surface area contributed by atoms with E-state index in [1.807, 2.05) is 0 Å². The zero-order valence-electron chi connectivity index (χ0n) is 13.8. The number of aryl methyl sites for hydroxylation is 2. The molecule has 1 aromatic carbocycles. The number of hydrogen-bond donors (Lipinski definition) is 1. The Kier molecular flexibility index (Phi) is 4.32. The first kappa shape index (κ1) is 15.3. The Hall–Kier alpha value is -1.65. The number of hydrogen-bond acceptors (Lipinski definition) is 4. The Balaban J connectivity index is 1.81. The van der Waals surface area contributed by atoms with Gasteiger partial charge in [-0.15, -0.1) is 0 Å². The van der Waals surface area contributed by atoms with Crippen molar-refractivity contribution in [1.82, 2.24) is 9.88 Å². The lowest BCUT2D eigenvalue weighted by Gasteiger charge is -2.38. The monoisotopic (exact) mass is 298 g/mol. The van der Waals surface area contributed by atoms with Crippen molar-refractivity contribution in [3.05, 3.63) is 35.4 Å². The topological polar surface area (TPSA) is 45.4 Å². The van der Waals surface area contributed by atoms with E-state index in [1.165, 1.54) is 16.5 Å². The standard InChI is InChI=1S/C18H26N4/c1-13-4-5-16-6-7-17(20-18(16)15(13)3)22-10-8-21(9-11-22)14(2)12-19/h4-7,14H,8-12,19H2,1-3H3. The van der Waals surface area contributed by atoms with E-state index in [2.05, 4.69) is 54.8 Å². The van der Waals surface area contributed by atoms with Crippen LogP contribution in [0.5, 0.6) is 0 Å². The molecule has 0 amide bonds. The van der Waals surface area contributed by atoms with Crippen LogP contribution in [0, 0.1) is 13.8 Å². The first-order valence-electron chi connectivity index (χ1n) is 8.16. The SMILES string of the molecule is Cc1ccc2ccc(N3CCN(C(C)CN)CC3)nc2c1C. The molecule has 4 heteroatoms. The van der Waals surface area contributed by atoms with Gasteiger partial charge in [-0.25, -0.2) is 4.98 Å². The Morgan fingerprint density at radius 1 is 1.09 bits per heavy atom. The fourth-order valence-electron chi connectivity index (χ4n) is 3.14. The van der Waals surface area contributed by atoms with E-state index in [-0.39, 0.29) is 0 Å². The van der Waals surface area contributed by atoms with Gasteiger partial charge in [-0.3, -0.25) is 4.90 Å². The zero-order valence-corrected chi connectivity index (χ0v) is 13.8. The summed E-state index contributed by atoms with van der Waals surface area (Å²) in [6.07, 6.45) is 0. The molecule has 2 N–H and O–H groups in total. The van der Waals surface area contributed by atoms with Gasteiger partial charge in [0.1, 0.15) is 5.82 Å². The van der Waals surface area contributed by atoms with Crippen LogP contribution in [-0.2, 0) is 0 Å². The van der Waals surface area contributed by atoms with Crippen molar-refractivity contribution in [2.75, 3.05) is 37.6 Å². The number of benzene rings is 1. The van der Waals surface area contributed by atoms with Gasteiger partial charge in [0, 0.05) is 44.2 Å². The summed E-state index contributed by atoms with van der Waals surface area (Å²) in [6.45, 7) is 11.4. The van der Waals surface area contributed by atoms with Crippen LogP contribution in [0.4, 0.5) is 5.82 Å². The minimum absolute atomic E-state index is 0.469. The molecule has 0 saturated carbocycles. The number of nitrogens with two attached hydrogens (primary N) is 1. The summed E-state index contributed by atoms with van der Waals surface area (Å²) in [6, 6.07) is 9.15. The molecule has 1 aromatic heterocycles. The van der Waals surface area contributed by atoms with Crippen LogP contribution in [0.2, 0.25) is 0 Å². The van der Waals surface area contributed by atoms with E-state index >= 15 is 0 Å². The lowest BCUT2D eigenvalue weighted by atomic mass is 10.1. The summed E-state index contributed by atoms with van der Waals surface area (Å²) < 4.78 is 0. The van der Waals surface area contributed by atoms with Crippen molar-refractivity contribution in [2.45, 2.75) is 26.8 Å². The molecule has 1 saturated heterocycles. The number of aromatic nitrogens is 1. The van der Waals surface area contributed by atoms with Gasteiger partial charge in [-0.1, -0.05) is 12.1 Å². The summed E-state index contributed by atoms with van der Waals surface area (Å²) in [5.74, 6) is 1.10. The third-order valence-electron chi connectivity index (χ3n) is 4.97. The molecule has 0 aliphatic carbocycles. The van der Waals surface area contributed by atoms with E-state index < -0.39 is 0 Å². The number of piperazine rings is 1. The summed E-state index contributed by atoms with van der Waals surface area (Å²) in [5.41, 5.74) is 9.50. The molecule has 1 unspecified atom stereocenters. The number of fused-ring (bicyclic) bond motifs is 1. The third kappa shape index (κ3) is 2.81. The molecular formula is C18H26N4. The van der Waals surface area contributed by atoms with E-state index in [0.717, 1.165) is 44.1 Å². The largest absolute Gasteiger partial charge is 0.354 e. The second kappa shape index (κ2) is 6.23. The summed E-state index contributed by atoms with van der Waals surface area (Å²) >= 11 is 0. The first-order valence-corrected chi connectivity index (χ1v) is 8.16. The molecule has 0 bridgehead atoms. The molecule has 1 aliphatic heterocycles. The first-order chi connectivity index (χ1) is 10.6. The number of rotatable bonds is 3. The molecule has 2 aromatic rings. The fourth-order valence-corrected chi connectivity index (χ4v) is 3.14. The predicted molar refractivity (Wildman–Crippen MR) is 93.5 cm³/mol. The van der Waals surface area contributed by atoms with Crippen molar-refractivity contribution in [2.24, 2.45) is 5.73 Å². The van der Waals surface area contributed by atoms with Gasteiger partial charge in [0.25, 0.3) is 0 Å². The maximum atomic E-state index is 5.77. The van der Waals surface area contributed by atoms with E-state index in [1.54, 1.807) is 0 Å². The Morgan fingerprint density at radius 3 is 2.45 bits per heavy atom. The van der Waals surface area contributed by atoms with Crippen molar-refractivity contribution in [3.63, 3.8) is 0 Å². The highest BCUT2D eigenvalue weighted by Crippen LogP contribution is 2.24. The van der Waals surface area contributed by atoms with Gasteiger partial charge in [0.15, 0.2) is 0 Å². The van der Waals surface area contributed by atoms with Crippen LogP contribution in [0.3, 0.4) is 0 Å². The van der Waals surface area contributed by atoms with E-state index in [0.29, 0.717) is 6.04 Å². The molecule has 1 fully saturated rings. The normalized spacial score (nSPS) is 17.9. The van der Waals surface area contributed by atoms with E-state index in [4.69, 9.17) is 10.7 Å². The second-order valence-corrected chi connectivity index (χ2v) is 6.36. The number of anilines is 1. The van der Waals surface area contributed by atoms with Gasteiger partial charge in [0.05, 0.1) is 5.52 Å². The third-order valence-corrected chi connectivity index (χ3v) is 4.97. The molecule has 2 heterocycles. The molecule has 1 aliphatic rings. The Labute approximate surface area is 132 Å². The van der Waals surface area contributed by atoms with E-state index in [9.17, 15) is 0 Å². The van der Waals surface area contributed by atoms with Crippen LogP contribution in [0.1, 0.15) is 18.1 Å². The zero-order chi connectivity index (χ0) is 15.7. The average Bonchev–Trinajstić information content (AvgIpc) is 2.57. The minimum atomic E-state index is 0.469. The van der Waals surface area contributed by atoms with Gasteiger partial charge in [-0.05, 0) is 44.0 Å². The van der Waals surface area contributed by atoms with Crippen LogP contribution in [0.25, 0.3) is 10.9 Å². The molecule has 22 heavy (non-hydrogen) atoms. The van der Waals surface area contributed by atoms with Crippen LogP contribution < -0.4 is 10.6 Å². The highest BCUT2D eigenvalue weighted by atomic mass is 15.3. The smallest absolute Gasteiger partial charge is 0.129 e. The van der Waals surface area contributed by atoms with Crippen LogP contribution >= 0.6 is 0 Å².